The van der Waals surface area contributed by atoms with Gasteiger partial charge in [-0.15, -0.1) is 0 Å². The lowest BCUT2D eigenvalue weighted by atomic mass is 10.1. The highest BCUT2D eigenvalue weighted by Gasteiger charge is 2.18. The van der Waals surface area contributed by atoms with Gasteiger partial charge in [-0.3, -0.25) is 4.98 Å². The molecular formula is C16H21N7O. The van der Waals surface area contributed by atoms with Gasteiger partial charge in [-0.25, -0.2) is 9.97 Å². The molecule has 8 nitrogen and oxygen atoms in total. The molecule has 0 unspecified atom stereocenters. The van der Waals surface area contributed by atoms with Crippen molar-refractivity contribution in [1.29, 1.82) is 0 Å². The van der Waals surface area contributed by atoms with E-state index in [0.717, 1.165) is 28.9 Å². The van der Waals surface area contributed by atoms with Gasteiger partial charge in [0, 0.05) is 18.3 Å². The molecule has 0 spiro atoms. The number of fused-ring (bicyclic) bond motifs is 1. The third kappa shape index (κ3) is 2.99. The van der Waals surface area contributed by atoms with Gasteiger partial charge in [-0.2, -0.15) is 9.78 Å². The van der Waals surface area contributed by atoms with Crippen LogP contribution in [0.5, 0.6) is 0 Å². The first kappa shape index (κ1) is 16.1. The van der Waals surface area contributed by atoms with Crippen molar-refractivity contribution < 1.29 is 4.84 Å². The second-order valence-electron chi connectivity index (χ2n) is 6.43. The quantitative estimate of drug-likeness (QED) is 0.543. The second kappa shape index (κ2) is 6.03. The normalized spacial score (nSPS) is 12.8. The lowest BCUT2D eigenvalue weighted by Crippen LogP contribution is -2.17. The van der Waals surface area contributed by atoms with Crippen molar-refractivity contribution in [2.45, 2.75) is 46.8 Å². The van der Waals surface area contributed by atoms with Crippen molar-refractivity contribution in [3.63, 3.8) is 0 Å². The van der Waals surface area contributed by atoms with E-state index in [0.29, 0.717) is 5.95 Å². The molecule has 3 rings (SSSR count). The van der Waals surface area contributed by atoms with Crippen LogP contribution in [0, 0.1) is 0 Å². The van der Waals surface area contributed by atoms with Crippen LogP contribution in [-0.4, -0.2) is 40.6 Å². The molecule has 0 aliphatic rings. The van der Waals surface area contributed by atoms with Gasteiger partial charge in [-0.1, -0.05) is 5.16 Å². The number of pyridine rings is 1. The fourth-order valence-electron chi connectivity index (χ4n) is 2.38. The van der Waals surface area contributed by atoms with Gasteiger partial charge < -0.3 is 9.40 Å². The van der Waals surface area contributed by atoms with Crippen molar-refractivity contribution in [2.75, 3.05) is 0 Å². The molecular weight excluding hydrogens is 306 g/mol. The molecule has 3 aromatic rings. The van der Waals surface area contributed by atoms with Crippen molar-refractivity contribution >= 4 is 16.7 Å². The second-order valence-corrected chi connectivity index (χ2v) is 6.43. The van der Waals surface area contributed by atoms with Crippen LogP contribution >= 0.6 is 0 Å². The van der Waals surface area contributed by atoms with E-state index in [1.165, 1.54) is 6.33 Å². The Balaban J connectivity index is 2.16. The van der Waals surface area contributed by atoms with Crippen LogP contribution in [-0.2, 0) is 11.4 Å². The minimum Gasteiger partial charge on any atom is -0.390 e. The molecule has 0 aromatic carbocycles. The fraction of sp³-hybridized carbons (Fsp3) is 0.438. The SMILES string of the molecule is CCn1c(-n2cncn2)nc2cncc(C(C)=NOC(C)(C)C)c21. The summed E-state index contributed by atoms with van der Waals surface area (Å²) in [6.07, 6.45) is 6.64. The first-order valence-electron chi connectivity index (χ1n) is 7.83. The summed E-state index contributed by atoms with van der Waals surface area (Å²) >= 11 is 0. The Morgan fingerprint density at radius 1 is 1.25 bits per heavy atom. The summed E-state index contributed by atoms with van der Waals surface area (Å²) < 4.78 is 3.71. The minimum absolute atomic E-state index is 0.348. The Bertz CT molecular complexity index is 872. The van der Waals surface area contributed by atoms with Crippen molar-refractivity contribution in [3.05, 3.63) is 30.6 Å². The van der Waals surface area contributed by atoms with Gasteiger partial charge in [-0.05, 0) is 34.6 Å². The summed E-state index contributed by atoms with van der Waals surface area (Å²) in [6, 6.07) is 0. The molecule has 0 fully saturated rings. The first-order valence-corrected chi connectivity index (χ1v) is 7.83. The Morgan fingerprint density at radius 3 is 2.67 bits per heavy atom. The van der Waals surface area contributed by atoms with E-state index in [4.69, 9.17) is 4.84 Å². The largest absolute Gasteiger partial charge is 0.390 e. The van der Waals surface area contributed by atoms with Gasteiger partial charge in [0.05, 0.1) is 17.4 Å². The van der Waals surface area contributed by atoms with Gasteiger partial charge in [0.15, 0.2) is 0 Å². The van der Waals surface area contributed by atoms with E-state index in [9.17, 15) is 0 Å². The number of oxime groups is 1. The average molecular weight is 327 g/mol. The highest BCUT2D eigenvalue weighted by molar-refractivity contribution is 6.07. The molecule has 126 valence electrons. The van der Waals surface area contributed by atoms with Crippen LogP contribution in [0.1, 0.15) is 40.2 Å². The third-order valence-corrected chi connectivity index (χ3v) is 3.42. The van der Waals surface area contributed by atoms with Crippen LogP contribution in [0.4, 0.5) is 0 Å². The zero-order valence-electron chi connectivity index (χ0n) is 14.6. The number of hydrogen-bond donors (Lipinski definition) is 0. The number of aromatic nitrogens is 6. The Labute approximate surface area is 140 Å². The molecule has 0 saturated heterocycles. The number of nitrogens with zero attached hydrogens (tertiary/aromatic N) is 7. The molecule has 24 heavy (non-hydrogen) atoms. The van der Waals surface area contributed by atoms with Crippen molar-refractivity contribution in [2.24, 2.45) is 5.16 Å². The Hall–Kier alpha value is -2.77. The van der Waals surface area contributed by atoms with E-state index in [1.54, 1.807) is 23.4 Å². The number of rotatable bonds is 4. The number of imidazole rings is 1. The number of aryl methyl sites for hydroxylation is 1. The molecule has 3 heterocycles. The van der Waals surface area contributed by atoms with E-state index >= 15 is 0 Å². The topological polar surface area (TPSA) is 83.0 Å². The summed E-state index contributed by atoms with van der Waals surface area (Å²) in [7, 11) is 0. The number of hydrogen-bond acceptors (Lipinski definition) is 6. The van der Waals surface area contributed by atoms with Gasteiger partial charge in [0.1, 0.15) is 23.8 Å². The van der Waals surface area contributed by atoms with E-state index in [1.807, 2.05) is 27.7 Å². The molecule has 3 aromatic heterocycles. The van der Waals surface area contributed by atoms with Crippen LogP contribution < -0.4 is 0 Å². The molecule has 0 aliphatic carbocycles. The molecule has 0 radical (unpaired) electrons. The molecule has 0 aliphatic heterocycles. The summed E-state index contributed by atoms with van der Waals surface area (Å²) in [5, 5.41) is 8.44. The summed E-state index contributed by atoms with van der Waals surface area (Å²) in [4.78, 5) is 18.5. The molecule has 8 heteroatoms. The summed E-state index contributed by atoms with van der Waals surface area (Å²) in [6.45, 7) is 10.6. The third-order valence-electron chi connectivity index (χ3n) is 3.42. The lowest BCUT2D eigenvalue weighted by Gasteiger charge is -2.16. The first-order chi connectivity index (χ1) is 11.4. The maximum atomic E-state index is 5.55. The highest BCUT2D eigenvalue weighted by atomic mass is 16.6. The van der Waals surface area contributed by atoms with Crippen LogP contribution in [0.2, 0.25) is 0 Å². The molecule has 0 saturated carbocycles. The predicted molar refractivity (Wildman–Crippen MR) is 91.2 cm³/mol. The predicted octanol–water partition coefficient (Wildman–Crippen LogP) is 2.57. The van der Waals surface area contributed by atoms with Gasteiger partial charge >= 0.3 is 0 Å². The zero-order chi connectivity index (χ0) is 17.3. The average Bonchev–Trinajstić information content (AvgIpc) is 3.17. The summed E-state index contributed by atoms with van der Waals surface area (Å²) in [5.74, 6) is 0.698. The summed E-state index contributed by atoms with van der Waals surface area (Å²) in [5.41, 5.74) is 3.03. The molecule has 0 amide bonds. The molecule has 0 N–H and O–H groups in total. The van der Waals surface area contributed by atoms with Crippen molar-refractivity contribution in [3.8, 4) is 5.95 Å². The van der Waals surface area contributed by atoms with Crippen molar-refractivity contribution in [1.82, 2.24) is 29.3 Å². The Kier molecular flexibility index (Phi) is 4.04. The maximum Gasteiger partial charge on any atom is 0.233 e. The van der Waals surface area contributed by atoms with E-state index in [2.05, 4.69) is 36.7 Å². The zero-order valence-corrected chi connectivity index (χ0v) is 14.6. The van der Waals surface area contributed by atoms with Crippen LogP contribution in [0.15, 0.2) is 30.2 Å². The monoisotopic (exact) mass is 327 g/mol. The Morgan fingerprint density at radius 2 is 2.04 bits per heavy atom. The van der Waals surface area contributed by atoms with Gasteiger partial charge in [0.2, 0.25) is 5.95 Å². The lowest BCUT2D eigenvalue weighted by molar-refractivity contribution is 0.000961. The van der Waals surface area contributed by atoms with Crippen LogP contribution in [0.25, 0.3) is 17.0 Å². The smallest absolute Gasteiger partial charge is 0.233 e. The highest BCUT2D eigenvalue weighted by Crippen LogP contribution is 2.22. The minimum atomic E-state index is -0.348. The van der Waals surface area contributed by atoms with E-state index < -0.39 is 0 Å². The molecule has 0 atom stereocenters. The maximum absolute atomic E-state index is 5.55. The molecule has 0 bridgehead atoms. The van der Waals surface area contributed by atoms with E-state index in [-0.39, 0.29) is 5.60 Å². The standard InChI is InChI=1S/C16H21N7O/c1-6-22-14-12(11(2)21-24-16(3,4)5)7-17-8-13(14)20-15(22)23-10-18-9-19-23/h7-10H,6H2,1-5H3. The van der Waals surface area contributed by atoms with Gasteiger partial charge in [0.25, 0.3) is 0 Å². The van der Waals surface area contributed by atoms with Crippen LogP contribution in [0.3, 0.4) is 0 Å². The fourth-order valence-corrected chi connectivity index (χ4v) is 2.38.